The molecule has 2 atom stereocenters. The van der Waals surface area contributed by atoms with Crippen LogP contribution in [0.4, 0.5) is 0 Å². The molecule has 0 aliphatic rings. The summed E-state index contributed by atoms with van der Waals surface area (Å²) < 4.78 is 4.80. The zero-order valence-corrected chi connectivity index (χ0v) is 9.05. The first kappa shape index (κ1) is 12.9. The Balaban J connectivity index is 3.29. The van der Waals surface area contributed by atoms with E-state index in [1.165, 1.54) is 19.3 Å². The van der Waals surface area contributed by atoms with E-state index in [-0.39, 0.29) is 0 Å². The van der Waals surface area contributed by atoms with Crippen LogP contribution in [0.5, 0.6) is 0 Å². The minimum absolute atomic E-state index is 0.362. The summed E-state index contributed by atoms with van der Waals surface area (Å²) in [5.74, 6) is 0.631. The van der Waals surface area contributed by atoms with E-state index in [1.54, 1.807) is 7.11 Å². The molecule has 3 heteroatoms. The van der Waals surface area contributed by atoms with E-state index in [9.17, 15) is 5.11 Å². The molecular weight excluding hydrogens is 166 g/mol. The van der Waals surface area contributed by atoms with Gasteiger partial charge in [-0.2, -0.15) is 0 Å². The highest BCUT2D eigenvalue weighted by molar-refractivity contribution is 4.59. The van der Waals surface area contributed by atoms with Crippen LogP contribution in [-0.2, 0) is 4.74 Å². The van der Waals surface area contributed by atoms with Crippen molar-refractivity contribution in [3.05, 3.63) is 0 Å². The number of nitrogens with one attached hydrogen (secondary N) is 1. The van der Waals surface area contributed by atoms with Crippen molar-refractivity contribution < 1.29 is 9.84 Å². The minimum Gasteiger partial charge on any atom is -0.381 e. The van der Waals surface area contributed by atoms with Crippen molar-refractivity contribution in [2.75, 3.05) is 20.3 Å². The van der Waals surface area contributed by atoms with Crippen LogP contribution in [-0.4, -0.2) is 31.6 Å². The van der Waals surface area contributed by atoms with Gasteiger partial charge in [0.15, 0.2) is 0 Å². The van der Waals surface area contributed by atoms with Crippen molar-refractivity contribution in [1.29, 1.82) is 0 Å². The van der Waals surface area contributed by atoms with E-state index >= 15 is 0 Å². The molecule has 3 nitrogen and oxygen atoms in total. The molecule has 0 rings (SSSR count). The average Bonchev–Trinajstić information content (AvgIpc) is 2.12. The molecule has 0 aromatic heterocycles. The SMILES string of the molecule is CCCCC(C)CNC(O)COC. The summed E-state index contributed by atoms with van der Waals surface area (Å²) in [7, 11) is 1.59. The van der Waals surface area contributed by atoms with Gasteiger partial charge in [-0.1, -0.05) is 26.7 Å². The van der Waals surface area contributed by atoms with Gasteiger partial charge in [-0.05, 0) is 12.3 Å². The van der Waals surface area contributed by atoms with Gasteiger partial charge in [-0.3, -0.25) is 5.32 Å². The Hall–Kier alpha value is -0.120. The first-order valence-electron chi connectivity index (χ1n) is 5.11. The van der Waals surface area contributed by atoms with Crippen LogP contribution in [0.3, 0.4) is 0 Å². The molecular formula is C10H23NO2. The lowest BCUT2D eigenvalue weighted by atomic mass is 10.0. The number of aliphatic hydroxyl groups is 1. The fraction of sp³-hybridized carbons (Fsp3) is 1.00. The minimum atomic E-state index is -0.519. The van der Waals surface area contributed by atoms with Crippen LogP contribution in [0.25, 0.3) is 0 Å². The van der Waals surface area contributed by atoms with E-state index in [1.807, 2.05) is 0 Å². The van der Waals surface area contributed by atoms with Gasteiger partial charge in [0.25, 0.3) is 0 Å². The maximum Gasteiger partial charge on any atom is 0.128 e. The van der Waals surface area contributed by atoms with E-state index in [0.717, 1.165) is 6.54 Å². The van der Waals surface area contributed by atoms with Crippen LogP contribution in [0.15, 0.2) is 0 Å². The summed E-state index contributed by atoms with van der Waals surface area (Å²) in [6.07, 6.45) is 3.21. The lowest BCUT2D eigenvalue weighted by Gasteiger charge is -2.15. The van der Waals surface area contributed by atoms with Crippen molar-refractivity contribution in [3.63, 3.8) is 0 Å². The third-order valence-electron chi connectivity index (χ3n) is 2.08. The first-order chi connectivity index (χ1) is 6.20. The van der Waals surface area contributed by atoms with Gasteiger partial charge < -0.3 is 9.84 Å². The second-order valence-corrected chi connectivity index (χ2v) is 3.63. The number of hydrogen-bond donors (Lipinski definition) is 2. The zero-order valence-electron chi connectivity index (χ0n) is 9.05. The molecule has 2 unspecified atom stereocenters. The average molecular weight is 189 g/mol. The Morgan fingerprint density at radius 3 is 2.69 bits per heavy atom. The van der Waals surface area contributed by atoms with E-state index in [4.69, 9.17) is 4.74 Å². The molecule has 0 heterocycles. The van der Waals surface area contributed by atoms with Crippen LogP contribution in [0.1, 0.15) is 33.1 Å². The molecule has 0 bridgehead atoms. The Morgan fingerprint density at radius 2 is 2.15 bits per heavy atom. The van der Waals surface area contributed by atoms with Gasteiger partial charge in [0, 0.05) is 13.7 Å². The second-order valence-electron chi connectivity index (χ2n) is 3.63. The molecule has 0 saturated carbocycles. The Labute approximate surface area is 81.5 Å². The van der Waals surface area contributed by atoms with Crippen LogP contribution in [0, 0.1) is 5.92 Å². The lowest BCUT2D eigenvalue weighted by Crippen LogP contribution is -2.35. The molecule has 0 aromatic carbocycles. The third kappa shape index (κ3) is 8.22. The Bertz CT molecular complexity index is 109. The maximum absolute atomic E-state index is 9.29. The first-order valence-corrected chi connectivity index (χ1v) is 5.11. The highest BCUT2D eigenvalue weighted by atomic mass is 16.5. The molecule has 0 aromatic rings. The van der Waals surface area contributed by atoms with Gasteiger partial charge in [-0.15, -0.1) is 0 Å². The quantitative estimate of drug-likeness (QED) is 0.567. The smallest absolute Gasteiger partial charge is 0.128 e. The monoisotopic (exact) mass is 189 g/mol. The van der Waals surface area contributed by atoms with Crippen LogP contribution in [0.2, 0.25) is 0 Å². The van der Waals surface area contributed by atoms with E-state index in [2.05, 4.69) is 19.2 Å². The van der Waals surface area contributed by atoms with Crippen LogP contribution >= 0.6 is 0 Å². The van der Waals surface area contributed by atoms with Gasteiger partial charge >= 0.3 is 0 Å². The molecule has 0 aliphatic heterocycles. The lowest BCUT2D eigenvalue weighted by molar-refractivity contribution is 0.0400. The summed E-state index contributed by atoms with van der Waals surface area (Å²) in [6.45, 7) is 5.62. The van der Waals surface area contributed by atoms with Gasteiger partial charge in [-0.25, -0.2) is 0 Å². The number of ether oxygens (including phenoxy) is 1. The van der Waals surface area contributed by atoms with Crippen molar-refractivity contribution in [2.45, 2.75) is 39.3 Å². The standard InChI is InChI=1S/C10H23NO2/c1-4-5-6-9(2)7-11-10(12)8-13-3/h9-12H,4-8H2,1-3H3. The maximum atomic E-state index is 9.29. The third-order valence-corrected chi connectivity index (χ3v) is 2.08. The highest BCUT2D eigenvalue weighted by Gasteiger charge is 2.05. The van der Waals surface area contributed by atoms with E-state index < -0.39 is 6.23 Å². The van der Waals surface area contributed by atoms with Crippen molar-refractivity contribution in [3.8, 4) is 0 Å². The predicted octanol–water partition coefficient (Wildman–Crippen LogP) is 1.37. The van der Waals surface area contributed by atoms with Crippen molar-refractivity contribution in [2.24, 2.45) is 5.92 Å². The fourth-order valence-corrected chi connectivity index (χ4v) is 1.21. The molecule has 2 N–H and O–H groups in total. The fourth-order valence-electron chi connectivity index (χ4n) is 1.21. The van der Waals surface area contributed by atoms with Crippen molar-refractivity contribution in [1.82, 2.24) is 5.32 Å². The summed E-state index contributed by atoms with van der Waals surface area (Å²) in [5, 5.41) is 12.3. The molecule has 0 fully saturated rings. The highest BCUT2D eigenvalue weighted by Crippen LogP contribution is 2.05. The molecule has 80 valence electrons. The molecule has 0 radical (unpaired) electrons. The number of aliphatic hydroxyl groups excluding tert-OH is 1. The summed E-state index contributed by atoms with van der Waals surface area (Å²) in [6, 6.07) is 0. The predicted molar refractivity (Wildman–Crippen MR) is 54.6 cm³/mol. The van der Waals surface area contributed by atoms with Gasteiger partial charge in [0.1, 0.15) is 6.23 Å². The topological polar surface area (TPSA) is 41.5 Å². The van der Waals surface area contributed by atoms with Crippen molar-refractivity contribution >= 4 is 0 Å². The molecule has 0 aliphatic carbocycles. The number of methoxy groups -OCH3 is 1. The Kier molecular flexibility index (Phi) is 8.40. The number of unbranched alkanes of at least 4 members (excludes halogenated alkanes) is 1. The number of hydrogen-bond acceptors (Lipinski definition) is 3. The largest absolute Gasteiger partial charge is 0.381 e. The van der Waals surface area contributed by atoms with Gasteiger partial charge in [0.05, 0.1) is 6.61 Å². The summed E-state index contributed by atoms with van der Waals surface area (Å²) in [5.41, 5.74) is 0. The summed E-state index contributed by atoms with van der Waals surface area (Å²) in [4.78, 5) is 0. The molecule has 0 spiro atoms. The normalized spacial score (nSPS) is 15.7. The van der Waals surface area contributed by atoms with Gasteiger partial charge in [0.2, 0.25) is 0 Å². The number of rotatable bonds is 8. The second kappa shape index (κ2) is 8.48. The molecule has 0 amide bonds. The van der Waals surface area contributed by atoms with Crippen LogP contribution < -0.4 is 5.32 Å². The molecule has 13 heavy (non-hydrogen) atoms. The Morgan fingerprint density at radius 1 is 1.46 bits per heavy atom. The zero-order chi connectivity index (χ0) is 10.1. The van der Waals surface area contributed by atoms with E-state index in [0.29, 0.717) is 12.5 Å². The summed E-state index contributed by atoms with van der Waals surface area (Å²) >= 11 is 0. The molecule has 0 saturated heterocycles.